The van der Waals surface area contributed by atoms with Gasteiger partial charge in [0, 0.05) is 0 Å². The molecule has 0 radical (unpaired) electrons. The Labute approximate surface area is 73.6 Å². The Morgan fingerprint density at radius 3 is 2.18 bits per heavy atom. The molecule has 0 aliphatic rings. The molecule has 1 aromatic rings. The van der Waals surface area contributed by atoms with Gasteiger partial charge in [0.15, 0.2) is 0 Å². The van der Waals surface area contributed by atoms with Gasteiger partial charge in [0.1, 0.15) is 0 Å². The van der Waals surface area contributed by atoms with Crippen LogP contribution in [0.15, 0.2) is 24.3 Å². The van der Waals surface area contributed by atoms with Gasteiger partial charge in [0.2, 0.25) is 0 Å². The second-order valence-electron chi connectivity index (χ2n) is 2.45. The number of benzene rings is 1. The Kier molecular flexibility index (Phi) is 3.13. The molecule has 0 aliphatic heterocycles. The van der Waals surface area contributed by atoms with Gasteiger partial charge in [-0.05, 0) is 0 Å². The average molecular weight is 215 g/mol. The molecule has 1 nitrogen and oxygen atoms in total. The van der Waals surface area contributed by atoms with E-state index >= 15 is 0 Å². The monoisotopic (exact) mass is 216 g/mol. The van der Waals surface area contributed by atoms with Crippen molar-refractivity contribution >= 4 is 19.4 Å². The molecule has 1 atom stereocenters. The van der Waals surface area contributed by atoms with Crippen molar-refractivity contribution in [1.29, 1.82) is 0 Å². The SMILES string of the molecule is C[Se]c1ccc([C@H](C)O)cc1. The molecule has 0 aliphatic carbocycles. The van der Waals surface area contributed by atoms with Gasteiger partial charge >= 0.3 is 73.2 Å². The van der Waals surface area contributed by atoms with E-state index in [1.807, 2.05) is 12.1 Å². The van der Waals surface area contributed by atoms with Crippen LogP contribution in [0.4, 0.5) is 0 Å². The number of hydrogen-bond donors (Lipinski definition) is 1. The summed E-state index contributed by atoms with van der Waals surface area (Å²) in [6.07, 6.45) is -0.339. The summed E-state index contributed by atoms with van der Waals surface area (Å²) in [4.78, 5) is 0. The van der Waals surface area contributed by atoms with Crippen molar-refractivity contribution in [3.05, 3.63) is 29.8 Å². The standard InChI is InChI=1S/C9H12OSe/c1-7(10)8-3-5-9(11-2)6-4-8/h3-7,10H,1-2H3/t7-/m0/s1. The molecule has 0 fully saturated rings. The van der Waals surface area contributed by atoms with Crippen molar-refractivity contribution in [2.24, 2.45) is 0 Å². The fraction of sp³-hybridized carbons (Fsp3) is 0.333. The summed E-state index contributed by atoms with van der Waals surface area (Å²) < 4.78 is 1.38. The molecule has 0 saturated carbocycles. The molecule has 0 amide bonds. The zero-order valence-electron chi connectivity index (χ0n) is 6.74. The van der Waals surface area contributed by atoms with Crippen LogP contribution in [0, 0.1) is 0 Å². The molecule has 60 valence electrons. The first-order chi connectivity index (χ1) is 5.24. The Morgan fingerprint density at radius 2 is 1.82 bits per heavy atom. The molecule has 0 saturated heterocycles. The van der Waals surface area contributed by atoms with E-state index in [0.717, 1.165) is 5.56 Å². The molecular weight excluding hydrogens is 203 g/mol. The number of rotatable bonds is 2. The minimum absolute atomic E-state index is 0.339. The average Bonchev–Trinajstić information content (AvgIpc) is 2.05. The molecule has 2 heteroatoms. The Hall–Kier alpha value is -0.301. The van der Waals surface area contributed by atoms with Crippen molar-refractivity contribution in [2.45, 2.75) is 18.8 Å². The summed E-state index contributed by atoms with van der Waals surface area (Å²) in [5.41, 5.74) is 0.998. The summed E-state index contributed by atoms with van der Waals surface area (Å²) in [6.45, 7) is 1.78. The summed E-state index contributed by atoms with van der Waals surface area (Å²) in [6, 6.07) is 8.15. The zero-order valence-corrected chi connectivity index (χ0v) is 8.46. The predicted octanol–water partition coefficient (Wildman–Crippen LogP) is 1.12. The summed E-state index contributed by atoms with van der Waals surface area (Å²) in [5.74, 6) is 2.18. The van der Waals surface area contributed by atoms with E-state index in [-0.39, 0.29) is 6.10 Å². The van der Waals surface area contributed by atoms with E-state index < -0.39 is 0 Å². The van der Waals surface area contributed by atoms with Crippen LogP contribution in [-0.4, -0.2) is 20.1 Å². The molecule has 0 unspecified atom stereocenters. The maximum atomic E-state index is 9.19. The fourth-order valence-corrected chi connectivity index (χ4v) is 1.74. The first-order valence-corrected chi connectivity index (χ1v) is 6.13. The Bertz CT molecular complexity index is 216. The quantitative estimate of drug-likeness (QED) is 0.733. The zero-order chi connectivity index (χ0) is 8.27. The summed E-state index contributed by atoms with van der Waals surface area (Å²) in [5, 5.41) is 9.19. The molecule has 1 N–H and O–H groups in total. The molecule has 11 heavy (non-hydrogen) atoms. The minimum atomic E-state index is -0.339. The molecule has 0 spiro atoms. The van der Waals surface area contributed by atoms with E-state index in [1.54, 1.807) is 6.92 Å². The van der Waals surface area contributed by atoms with Crippen LogP contribution in [0.5, 0.6) is 0 Å². The van der Waals surface area contributed by atoms with Gasteiger partial charge in [-0.15, -0.1) is 0 Å². The molecule has 1 aromatic carbocycles. The number of aliphatic hydroxyl groups excluding tert-OH is 1. The van der Waals surface area contributed by atoms with Crippen molar-refractivity contribution in [3.8, 4) is 0 Å². The Morgan fingerprint density at radius 1 is 1.27 bits per heavy atom. The third-order valence-electron chi connectivity index (χ3n) is 1.60. The first-order valence-electron chi connectivity index (χ1n) is 3.56. The molecule has 1 rings (SSSR count). The second kappa shape index (κ2) is 3.91. The van der Waals surface area contributed by atoms with Crippen molar-refractivity contribution in [1.82, 2.24) is 0 Å². The van der Waals surface area contributed by atoms with Crippen LogP contribution >= 0.6 is 0 Å². The van der Waals surface area contributed by atoms with Gasteiger partial charge in [0.05, 0.1) is 0 Å². The van der Waals surface area contributed by atoms with E-state index in [2.05, 4.69) is 18.0 Å². The van der Waals surface area contributed by atoms with Gasteiger partial charge in [-0.1, -0.05) is 0 Å². The van der Waals surface area contributed by atoms with E-state index in [4.69, 9.17) is 0 Å². The van der Waals surface area contributed by atoms with Crippen LogP contribution in [-0.2, 0) is 0 Å². The normalized spacial score (nSPS) is 13.0. The fourth-order valence-electron chi connectivity index (χ4n) is 0.882. The van der Waals surface area contributed by atoms with Crippen molar-refractivity contribution in [2.75, 3.05) is 0 Å². The van der Waals surface area contributed by atoms with Crippen LogP contribution in [0.2, 0.25) is 5.82 Å². The van der Waals surface area contributed by atoms with Gasteiger partial charge in [-0.3, -0.25) is 0 Å². The van der Waals surface area contributed by atoms with Gasteiger partial charge < -0.3 is 0 Å². The summed E-state index contributed by atoms with van der Waals surface area (Å²) in [7, 11) is 0. The van der Waals surface area contributed by atoms with Gasteiger partial charge in [0.25, 0.3) is 0 Å². The molecular formula is C9H12OSe. The van der Waals surface area contributed by atoms with Crippen LogP contribution in [0.3, 0.4) is 0 Å². The van der Waals surface area contributed by atoms with E-state index in [1.165, 1.54) is 4.46 Å². The van der Waals surface area contributed by atoms with E-state index in [0.29, 0.717) is 15.0 Å². The van der Waals surface area contributed by atoms with Gasteiger partial charge in [-0.25, -0.2) is 0 Å². The predicted molar refractivity (Wildman–Crippen MR) is 48.3 cm³/mol. The van der Waals surface area contributed by atoms with Gasteiger partial charge in [-0.2, -0.15) is 0 Å². The first kappa shape index (κ1) is 8.79. The number of hydrogen-bond acceptors (Lipinski definition) is 1. The maximum absolute atomic E-state index is 9.19. The van der Waals surface area contributed by atoms with Crippen LogP contribution in [0.25, 0.3) is 0 Å². The Balaban J connectivity index is 2.83. The van der Waals surface area contributed by atoms with E-state index in [9.17, 15) is 5.11 Å². The van der Waals surface area contributed by atoms with Crippen molar-refractivity contribution in [3.63, 3.8) is 0 Å². The van der Waals surface area contributed by atoms with Crippen LogP contribution in [0.1, 0.15) is 18.6 Å². The second-order valence-corrected chi connectivity index (χ2v) is 4.29. The molecule has 0 heterocycles. The molecule has 0 aromatic heterocycles. The van der Waals surface area contributed by atoms with Crippen LogP contribution < -0.4 is 4.46 Å². The summed E-state index contributed by atoms with van der Waals surface area (Å²) >= 11 is 0.567. The number of aliphatic hydroxyl groups is 1. The third-order valence-corrected chi connectivity index (χ3v) is 3.16. The third kappa shape index (κ3) is 2.33. The molecule has 0 bridgehead atoms. The van der Waals surface area contributed by atoms with Crippen molar-refractivity contribution < 1.29 is 5.11 Å². The topological polar surface area (TPSA) is 20.2 Å².